The molecule has 1 aromatic rings. The third-order valence-electron chi connectivity index (χ3n) is 1.61. The molecule has 0 N–H and O–H groups in total. The van der Waals surface area contributed by atoms with Crippen LogP contribution in [0.1, 0.15) is 30.4 Å². The first-order valence-corrected chi connectivity index (χ1v) is 3.84. The highest BCUT2D eigenvalue weighted by Gasteiger charge is 1.97. The zero-order valence-corrected chi connectivity index (χ0v) is 6.66. The Morgan fingerprint density at radius 2 is 2.55 bits per heavy atom. The highest BCUT2D eigenvalue weighted by molar-refractivity contribution is 5.69. The maximum Gasteiger partial charge on any atom is 0.185 e. The molecule has 0 aliphatic heterocycles. The van der Waals surface area contributed by atoms with Crippen molar-refractivity contribution in [3.05, 3.63) is 18.2 Å². The van der Waals surface area contributed by atoms with E-state index in [1.165, 1.54) is 0 Å². The number of rotatable bonds is 4. The molecule has 0 saturated carbocycles. The molecule has 0 aliphatic carbocycles. The second-order valence-corrected chi connectivity index (χ2v) is 2.45. The van der Waals surface area contributed by atoms with Crippen molar-refractivity contribution in [2.45, 2.75) is 26.3 Å². The van der Waals surface area contributed by atoms with Gasteiger partial charge in [-0.25, -0.2) is 4.98 Å². The van der Waals surface area contributed by atoms with Crippen molar-refractivity contribution in [3.8, 4) is 0 Å². The van der Waals surface area contributed by atoms with Gasteiger partial charge in [-0.2, -0.15) is 0 Å². The normalized spacial score (nSPS) is 9.91. The van der Waals surface area contributed by atoms with Gasteiger partial charge in [-0.05, 0) is 6.42 Å². The van der Waals surface area contributed by atoms with Crippen molar-refractivity contribution >= 4 is 6.29 Å². The molecule has 1 aromatic heterocycles. The molecule has 0 aliphatic rings. The fraction of sp³-hybridized carbons (Fsp3) is 0.500. The molecule has 11 heavy (non-hydrogen) atoms. The summed E-state index contributed by atoms with van der Waals surface area (Å²) in [6.45, 7) is 3.02. The van der Waals surface area contributed by atoms with Gasteiger partial charge in [-0.1, -0.05) is 13.3 Å². The summed E-state index contributed by atoms with van der Waals surface area (Å²) < 4.78 is 1.87. The Bertz CT molecular complexity index is 230. The zero-order valence-electron chi connectivity index (χ0n) is 6.66. The van der Waals surface area contributed by atoms with Crippen LogP contribution in [0.5, 0.6) is 0 Å². The summed E-state index contributed by atoms with van der Waals surface area (Å²) in [5.41, 5.74) is 0. The molecule has 1 heterocycles. The van der Waals surface area contributed by atoms with Gasteiger partial charge >= 0.3 is 0 Å². The Morgan fingerprint density at radius 3 is 3.18 bits per heavy atom. The summed E-state index contributed by atoms with van der Waals surface area (Å²) in [6, 6.07) is 0. The molecule has 0 bridgehead atoms. The number of hydrogen-bond acceptors (Lipinski definition) is 2. The second kappa shape index (κ2) is 3.91. The Labute approximate surface area is 66.1 Å². The molecular weight excluding hydrogens is 140 g/mol. The van der Waals surface area contributed by atoms with Crippen LogP contribution in [0.4, 0.5) is 0 Å². The van der Waals surface area contributed by atoms with Gasteiger partial charge in [0.25, 0.3) is 0 Å². The fourth-order valence-electron chi connectivity index (χ4n) is 0.956. The van der Waals surface area contributed by atoms with E-state index in [0.29, 0.717) is 5.82 Å². The third kappa shape index (κ3) is 1.90. The molecule has 0 atom stereocenters. The van der Waals surface area contributed by atoms with Crippen LogP contribution >= 0.6 is 0 Å². The lowest BCUT2D eigenvalue weighted by Gasteiger charge is -2.00. The monoisotopic (exact) mass is 152 g/mol. The number of carbonyl (C=O) groups is 1. The molecule has 60 valence electrons. The SMILES string of the molecule is CCCCn1ccnc1C=O. The van der Waals surface area contributed by atoms with E-state index in [-0.39, 0.29) is 0 Å². The van der Waals surface area contributed by atoms with Crippen LogP contribution in [0.25, 0.3) is 0 Å². The van der Waals surface area contributed by atoms with Crippen LogP contribution in [-0.4, -0.2) is 15.8 Å². The largest absolute Gasteiger partial charge is 0.329 e. The van der Waals surface area contributed by atoms with Crippen LogP contribution in [0, 0.1) is 0 Å². The van der Waals surface area contributed by atoms with Gasteiger partial charge in [0.05, 0.1) is 0 Å². The van der Waals surface area contributed by atoms with E-state index in [2.05, 4.69) is 11.9 Å². The van der Waals surface area contributed by atoms with Gasteiger partial charge in [0.1, 0.15) is 0 Å². The first kappa shape index (κ1) is 7.98. The Kier molecular flexibility index (Phi) is 2.83. The molecule has 3 heteroatoms. The summed E-state index contributed by atoms with van der Waals surface area (Å²) in [6.07, 6.45) is 6.50. The number of nitrogens with zero attached hydrogens (tertiary/aromatic N) is 2. The maximum absolute atomic E-state index is 10.4. The molecular formula is C8H12N2O. The minimum Gasteiger partial charge on any atom is -0.329 e. The molecule has 0 radical (unpaired) electrons. The lowest BCUT2D eigenvalue weighted by Crippen LogP contribution is -2.01. The van der Waals surface area contributed by atoms with Crippen molar-refractivity contribution < 1.29 is 4.79 Å². The Morgan fingerprint density at radius 1 is 1.73 bits per heavy atom. The minimum atomic E-state index is 0.526. The molecule has 0 unspecified atom stereocenters. The standard InChI is InChI=1S/C8H12N2O/c1-2-3-5-10-6-4-9-8(10)7-11/h4,6-7H,2-3,5H2,1H3. The van der Waals surface area contributed by atoms with Gasteiger partial charge in [0.2, 0.25) is 0 Å². The van der Waals surface area contributed by atoms with Crippen LogP contribution in [0.15, 0.2) is 12.4 Å². The summed E-state index contributed by atoms with van der Waals surface area (Å²) in [5, 5.41) is 0. The summed E-state index contributed by atoms with van der Waals surface area (Å²) in [5.74, 6) is 0.526. The summed E-state index contributed by atoms with van der Waals surface area (Å²) in [4.78, 5) is 14.3. The van der Waals surface area contributed by atoms with E-state index >= 15 is 0 Å². The van der Waals surface area contributed by atoms with Gasteiger partial charge in [0.15, 0.2) is 12.1 Å². The number of imidazole rings is 1. The second-order valence-electron chi connectivity index (χ2n) is 2.45. The van der Waals surface area contributed by atoms with E-state index in [0.717, 1.165) is 25.7 Å². The highest BCUT2D eigenvalue weighted by Crippen LogP contribution is 1.97. The van der Waals surface area contributed by atoms with Crippen LogP contribution in [0.2, 0.25) is 0 Å². The molecule has 0 fully saturated rings. The average molecular weight is 152 g/mol. The van der Waals surface area contributed by atoms with Crippen molar-refractivity contribution in [2.24, 2.45) is 0 Å². The fourth-order valence-corrected chi connectivity index (χ4v) is 0.956. The Balaban J connectivity index is 2.61. The molecule has 1 rings (SSSR count). The van der Waals surface area contributed by atoms with Crippen molar-refractivity contribution in [1.82, 2.24) is 9.55 Å². The van der Waals surface area contributed by atoms with E-state index in [9.17, 15) is 4.79 Å². The van der Waals surface area contributed by atoms with E-state index in [4.69, 9.17) is 0 Å². The smallest absolute Gasteiger partial charge is 0.185 e. The lowest BCUT2D eigenvalue weighted by atomic mass is 10.3. The van der Waals surface area contributed by atoms with Gasteiger partial charge in [-0.3, -0.25) is 4.79 Å². The van der Waals surface area contributed by atoms with Crippen LogP contribution < -0.4 is 0 Å². The first-order valence-electron chi connectivity index (χ1n) is 3.84. The van der Waals surface area contributed by atoms with E-state index in [1.807, 2.05) is 10.8 Å². The number of aromatic nitrogens is 2. The van der Waals surface area contributed by atoms with Crippen molar-refractivity contribution in [2.75, 3.05) is 0 Å². The van der Waals surface area contributed by atoms with Crippen LogP contribution in [0.3, 0.4) is 0 Å². The number of hydrogen-bond donors (Lipinski definition) is 0. The number of unbranched alkanes of at least 4 members (excludes halogenated alkanes) is 1. The summed E-state index contributed by atoms with van der Waals surface area (Å²) in [7, 11) is 0. The van der Waals surface area contributed by atoms with Gasteiger partial charge < -0.3 is 4.57 Å². The molecule has 0 amide bonds. The highest BCUT2D eigenvalue weighted by atomic mass is 16.1. The quantitative estimate of drug-likeness (QED) is 0.613. The number of aldehydes is 1. The molecule has 0 aromatic carbocycles. The minimum absolute atomic E-state index is 0.526. The topological polar surface area (TPSA) is 34.9 Å². The van der Waals surface area contributed by atoms with Gasteiger partial charge in [0, 0.05) is 18.9 Å². The zero-order chi connectivity index (χ0) is 8.10. The predicted octanol–water partition coefficient (Wildman–Crippen LogP) is 1.50. The number of aryl methyl sites for hydroxylation is 1. The first-order chi connectivity index (χ1) is 5.38. The maximum atomic E-state index is 10.4. The van der Waals surface area contributed by atoms with E-state index in [1.54, 1.807) is 6.20 Å². The molecule has 3 nitrogen and oxygen atoms in total. The number of carbonyl (C=O) groups excluding carboxylic acids is 1. The molecule has 0 saturated heterocycles. The van der Waals surface area contributed by atoms with Crippen molar-refractivity contribution in [3.63, 3.8) is 0 Å². The summed E-state index contributed by atoms with van der Waals surface area (Å²) >= 11 is 0. The molecule has 0 spiro atoms. The van der Waals surface area contributed by atoms with Gasteiger partial charge in [-0.15, -0.1) is 0 Å². The van der Waals surface area contributed by atoms with Crippen molar-refractivity contribution in [1.29, 1.82) is 0 Å². The average Bonchev–Trinajstić information content (AvgIpc) is 2.47. The Hall–Kier alpha value is -1.12. The third-order valence-corrected chi connectivity index (χ3v) is 1.61. The lowest BCUT2D eigenvalue weighted by molar-refractivity contribution is 0.111. The van der Waals surface area contributed by atoms with Crippen LogP contribution in [-0.2, 0) is 6.54 Å². The predicted molar refractivity (Wildman–Crippen MR) is 42.5 cm³/mol. The van der Waals surface area contributed by atoms with E-state index < -0.39 is 0 Å².